The summed E-state index contributed by atoms with van der Waals surface area (Å²) in [4.78, 5) is 11.6. The number of carbonyl (C=O) groups excluding carboxylic acids is 1. The molecule has 0 atom stereocenters. The highest BCUT2D eigenvalue weighted by Crippen LogP contribution is 2.20. The van der Waals surface area contributed by atoms with Crippen LogP contribution in [-0.2, 0) is 9.47 Å². The van der Waals surface area contributed by atoms with E-state index in [0.29, 0.717) is 16.9 Å². The van der Waals surface area contributed by atoms with E-state index in [9.17, 15) is 18.0 Å². The van der Waals surface area contributed by atoms with Gasteiger partial charge in [0.2, 0.25) is 0 Å². The molecule has 8 heteroatoms. The summed E-state index contributed by atoms with van der Waals surface area (Å²) in [6, 6.07) is 4.51. The monoisotopic (exact) mass is 306 g/mol. The Hall–Kier alpha value is -1.96. The Morgan fingerprint density at radius 2 is 2.10 bits per heavy atom. The van der Waals surface area contributed by atoms with Gasteiger partial charge in [-0.2, -0.15) is 13.2 Å². The van der Waals surface area contributed by atoms with Crippen LogP contribution in [0.25, 0.3) is 0 Å². The molecule has 1 rings (SSSR count). The summed E-state index contributed by atoms with van der Waals surface area (Å²) < 4.78 is 44.9. The number of rotatable bonds is 7. The van der Waals surface area contributed by atoms with Gasteiger partial charge in [-0.3, -0.25) is 0 Å². The topological polar surface area (TPSA) is 73.6 Å². The zero-order chi connectivity index (χ0) is 15.9. The molecule has 0 radical (unpaired) electrons. The first-order valence-electron chi connectivity index (χ1n) is 6.28. The molecule has 0 saturated heterocycles. The van der Waals surface area contributed by atoms with E-state index in [4.69, 9.17) is 10.5 Å². The number of nitrogens with one attached hydrogen (secondary N) is 1. The zero-order valence-corrected chi connectivity index (χ0v) is 11.5. The van der Waals surface area contributed by atoms with Crippen molar-refractivity contribution in [2.24, 2.45) is 0 Å². The molecule has 5 nitrogen and oxygen atoms in total. The lowest BCUT2D eigenvalue weighted by atomic mass is 10.1. The predicted octanol–water partition coefficient (Wildman–Crippen LogP) is 2.44. The molecule has 0 spiro atoms. The number of nitrogens with two attached hydrogens (primary N) is 1. The van der Waals surface area contributed by atoms with Crippen LogP contribution in [0.5, 0.6) is 0 Å². The van der Waals surface area contributed by atoms with Gasteiger partial charge in [0.15, 0.2) is 0 Å². The second-order valence-electron chi connectivity index (χ2n) is 4.12. The molecular weight excluding hydrogens is 289 g/mol. The van der Waals surface area contributed by atoms with Crippen molar-refractivity contribution < 1.29 is 27.4 Å². The van der Waals surface area contributed by atoms with Crippen LogP contribution in [-0.4, -0.2) is 38.5 Å². The summed E-state index contributed by atoms with van der Waals surface area (Å²) in [5, 5.41) is 2.81. The van der Waals surface area contributed by atoms with Gasteiger partial charge in [-0.1, -0.05) is 0 Å². The van der Waals surface area contributed by atoms with Crippen LogP contribution < -0.4 is 11.1 Å². The van der Waals surface area contributed by atoms with Crippen LogP contribution >= 0.6 is 0 Å². The fraction of sp³-hybridized carbons (Fsp3) is 0.462. The summed E-state index contributed by atoms with van der Waals surface area (Å²) in [5.41, 5.74) is 6.84. The van der Waals surface area contributed by atoms with E-state index in [1.807, 2.05) is 0 Å². The number of ether oxygens (including phenoxy) is 2. The molecule has 3 N–H and O–H groups in total. The van der Waals surface area contributed by atoms with Crippen molar-refractivity contribution in [1.29, 1.82) is 0 Å². The third-order valence-electron chi connectivity index (χ3n) is 2.39. The maximum Gasteiger partial charge on any atom is 0.411 e. The van der Waals surface area contributed by atoms with Crippen LogP contribution in [0, 0.1) is 0 Å². The maximum absolute atomic E-state index is 11.9. The molecule has 0 aromatic heterocycles. The first-order valence-corrected chi connectivity index (χ1v) is 6.28. The fourth-order valence-corrected chi connectivity index (χ4v) is 1.50. The summed E-state index contributed by atoms with van der Waals surface area (Å²) in [6.07, 6.45) is -4.34. The van der Waals surface area contributed by atoms with Gasteiger partial charge in [-0.15, -0.1) is 0 Å². The average Bonchev–Trinajstić information content (AvgIpc) is 2.39. The molecule has 118 valence electrons. The lowest BCUT2D eigenvalue weighted by Gasteiger charge is -2.12. The van der Waals surface area contributed by atoms with Gasteiger partial charge in [-0.05, 0) is 25.1 Å². The second kappa shape index (κ2) is 7.72. The molecule has 0 amide bonds. The minimum absolute atomic E-state index is 0.132. The largest absolute Gasteiger partial charge is 0.462 e. The van der Waals surface area contributed by atoms with Crippen LogP contribution in [0.1, 0.15) is 17.3 Å². The first kappa shape index (κ1) is 17.1. The van der Waals surface area contributed by atoms with E-state index in [1.54, 1.807) is 6.92 Å². The van der Waals surface area contributed by atoms with Gasteiger partial charge in [0.1, 0.15) is 6.61 Å². The Morgan fingerprint density at radius 1 is 1.38 bits per heavy atom. The Morgan fingerprint density at radius 3 is 2.71 bits per heavy atom. The third-order valence-corrected chi connectivity index (χ3v) is 2.39. The van der Waals surface area contributed by atoms with Crippen LogP contribution in [0.3, 0.4) is 0 Å². The van der Waals surface area contributed by atoms with Crippen LogP contribution in [0.15, 0.2) is 18.2 Å². The third kappa shape index (κ3) is 6.35. The van der Waals surface area contributed by atoms with Crippen molar-refractivity contribution in [3.8, 4) is 0 Å². The standard InChI is InChI=1S/C13H17F3N2O3/c1-2-21-12(19)9-3-4-10(17)11(7-9)18-5-6-20-8-13(14,15)16/h3-4,7,18H,2,5-6,8,17H2,1H3. The van der Waals surface area contributed by atoms with E-state index in [2.05, 4.69) is 10.1 Å². The fourth-order valence-electron chi connectivity index (χ4n) is 1.50. The number of benzene rings is 1. The van der Waals surface area contributed by atoms with Gasteiger partial charge in [-0.25, -0.2) is 4.79 Å². The second-order valence-corrected chi connectivity index (χ2v) is 4.12. The lowest BCUT2D eigenvalue weighted by molar-refractivity contribution is -0.172. The van der Waals surface area contributed by atoms with Gasteiger partial charge >= 0.3 is 12.1 Å². The normalized spacial score (nSPS) is 11.2. The van der Waals surface area contributed by atoms with Gasteiger partial charge < -0.3 is 20.5 Å². The SMILES string of the molecule is CCOC(=O)c1ccc(N)c(NCCOCC(F)(F)F)c1. The summed E-state index contributed by atoms with van der Waals surface area (Å²) in [6.45, 7) is 0.631. The van der Waals surface area contributed by atoms with Crippen LogP contribution in [0.2, 0.25) is 0 Å². The minimum atomic E-state index is -4.34. The smallest absolute Gasteiger partial charge is 0.411 e. The molecular formula is C13H17F3N2O3. The van der Waals surface area contributed by atoms with E-state index < -0.39 is 18.8 Å². The highest BCUT2D eigenvalue weighted by Gasteiger charge is 2.27. The number of carbonyl (C=O) groups is 1. The first-order chi connectivity index (χ1) is 9.83. The van der Waals surface area contributed by atoms with Crippen molar-refractivity contribution in [1.82, 2.24) is 0 Å². The number of anilines is 2. The molecule has 0 fully saturated rings. The zero-order valence-electron chi connectivity index (χ0n) is 11.5. The van der Waals surface area contributed by atoms with E-state index in [1.165, 1.54) is 18.2 Å². The van der Waals surface area contributed by atoms with Gasteiger partial charge in [0.25, 0.3) is 0 Å². The Balaban J connectivity index is 2.51. The summed E-state index contributed by atoms with van der Waals surface area (Å²) in [7, 11) is 0. The predicted molar refractivity (Wildman–Crippen MR) is 72.2 cm³/mol. The molecule has 21 heavy (non-hydrogen) atoms. The molecule has 0 unspecified atom stereocenters. The quantitative estimate of drug-likeness (QED) is 0.460. The minimum Gasteiger partial charge on any atom is -0.462 e. The molecule has 1 aromatic rings. The average molecular weight is 306 g/mol. The lowest BCUT2D eigenvalue weighted by Crippen LogP contribution is -2.20. The molecule has 0 bridgehead atoms. The molecule has 0 aliphatic heterocycles. The molecule has 0 aliphatic carbocycles. The number of nitrogen functional groups attached to an aromatic ring is 1. The maximum atomic E-state index is 11.9. The number of hydrogen-bond acceptors (Lipinski definition) is 5. The number of halogens is 3. The van der Waals surface area contributed by atoms with E-state index in [-0.39, 0.29) is 19.8 Å². The van der Waals surface area contributed by atoms with Gasteiger partial charge in [0, 0.05) is 6.54 Å². The van der Waals surface area contributed by atoms with Crippen molar-refractivity contribution >= 4 is 17.3 Å². The van der Waals surface area contributed by atoms with Crippen molar-refractivity contribution in [3.05, 3.63) is 23.8 Å². The van der Waals surface area contributed by atoms with Crippen molar-refractivity contribution in [3.63, 3.8) is 0 Å². The van der Waals surface area contributed by atoms with Crippen molar-refractivity contribution in [2.75, 3.05) is 37.4 Å². The van der Waals surface area contributed by atoms with E-state index >= 15 is 0 Å². The summed E-state index contributed by atoms with van der Waals surface area (Å²) in [5.74, 6) is -0.492. The number of alkyl halides is 3. The number of esters is 1. The van der Waals surface area contributed by atoms with E-state index in [0.717, 1.165) is 0 Å². The molecule has 1 aromatic carbocycles. The molecule has 0 saturated carbocycles. The highest BCUT2D eigenvalue weighted by molar-refractivity contribution is 5.92. The summed E-state index contributed by atoms with van der Waals surface area (Å²) >= 11 is 0. The van der Waals surface area contributed by atoms with Crippen LogP contribution in [0.4, 0.5) is 24.5 Å². The van der Waals surface area contributed by atoms with Gasteiger partial charge in [0.05, 0.1) is 30.2 Å². The van der Waals surface area contributed by atoms with Crippen molar-refractivity contribution in [2.45, 2.75) is 13.1 Å². The Kier molecular flexibility index (Phi) is 6.29. The highest BCUT2D eigenvalue weighted by atomic mass is 19.4. The molecule has 0 heterocycles. The number of hydrogen-bond donors (Lipinski definition) is 2. The Labute approximate surface area is 120 Å². The Bertz CT molecular complexity index is 478. The molecule has 0 aliphatic rings.